The molecule has 1 rings (SSSR count). The van der Waals surface area contributed by atoms with Crippen LogP contribution in [0.15, 0.2) is 29.2 Å². The van der Waals surface area contributed by atoms with Crippen molar-refractivity contribution in [1.82, 2.24) is 5.32 Å². The highest BCUT2D eigenvalue weighted by Crippen LogP contribution is 2.26. The van der Waals surface area contributed by atoms with Gasteiger partial charge >= 0.3 is 0 Å². The number of nitrogens with two attached hydrogens (primary N) is 1. The first-order valence-electron chi connectivity index (χ1n) is 5.81. The molecule has 0 radical (unpaired) electrons. The topological polar surface area (TPSA) is 55.1 Å². The second-order valence-electron chi connectivity index (χ2n) is 4.27. The van der Waals surface area contributed by atoms with Gasteiger partial charge in [0.05, 0.1) is 5.56 Å². The van der Waals surface area contributed by atoms with Crippen LogP contribution in [0.2, 0.25) is 0 Å². The fourth-order valence-electron chi connectivity index (χ4n) is 1.37. The van der Waals surface area contributed by atoms with Gasteiger partial charge in [0.1, 0.15) is 0 Å². The highest BCUT2D eigenvalue weighted by molar-refractivity contribution is 8.00. The lowest BCUT2D eigenvalue weighted by Gasteiger charge is -2.14. The summed E-state index contributed by atoms with van der Waals surface area (Å²) in [7, 11) is 0. The summed E-state index contributed by atoms with van der Waals surface area (Å²) in [6.07, 6.45) is 0. The van der Waals surface area contributed by atoms with Crippen LogP contribution >= 0.6 is 11.8 Å². The maximum Gasteiger partial charge on any atom is 0.252 e. The van der Waals surface area contributed by atoms with Gasteiger partial charge in [-0.1, -0.05) is 26.0 Å². The average molecular weight is 252 g/mol. The van der Waals surface area contributed by atoms with Crippen molar-refractivity contribution in [2.45, 2.75) is 37.0 Å². The molecule has 0 saturated heterocycles. The number of carbonyl (C=O) groups is 1. The maximum atomic E-state index is 12.0. The summed E-state index contributed by atoms with van der Waals surface area (Å²) >= 11 is 1.70. The number of thioether (sulfide) groups is 1. The Morgan fingerprint density at radius 3 is 2.59 bits per heavy atom. The molecule has 0 aromatic heterocycles. The Morgan fingerprint density at radius 1 is 1.35 bits per heavy atom. The van der Waals surface area contributed by atoms with Gasteiger partial charge in [-0.05, 0) is 19.1 Å². The van der Waals surface area contributed by atoms with E-state index in [1.54, 1.807) is 11.8 Å². The summed E-state index contributed by atoms with van der Waals surface area (Å²) < 4.78 is 0. The monoisotopic (exact) mass is 252 g/mol. The minimum atomic E-state index is -0.0494. The fourth-order valence-corrected chi connectivity index (χ4v) is 2.32. The summed E-state index contributed by atoms with van der Waals surface area (Å²) in [5.41, 5.74) is 6.23. The Labute approximate surface area is 107 Å². The van der Waals surface area contributed by atoms with Crippen LogP contribution in [0.3, 0.4) is 0 Å². The van der Waals surface area contributed by atoms with Crippen molar-refractivity contribution < 1.29 is 4.79 Å². The molecule has 0 unspecified atom stereocenters. The van der Waals surface area contributed by atoms with E-state index in [2.05, 4.69) is 19.2 Å². The minimum Gasteiger partial charge on any atom is -0.348 e. The Bertz CT molecular complexity index is 379. The largest absolute Gasteiger partial charge is 0.348 e. The zero-order chi connectivity index (χ0) is 12.8. The van der Waals surface area contributed by atoms with E-state index in [-0.39, 0.29) is 11.9 Å². The molecule has 1 amide bonds. The number of hydrogen-bond donors (Lipinski definition) is 2. The van der Waals surface area contributed by atoms with Crippen molar-refractivity contribution in [2.24, 2.45) is 5.73 Å². The lowest BCUT2D eigenvalue weighted by Crippen LogP contribution is -2.38. The molecular weight excluding hydrogens is 232 g/mol. The van der Waals surface area contributed by atoms with Gasteiger partial charge in [-0.3, -0.25) is 4.79 Å². The Kier molecular flexibility index (Phi) is 5.51. The van der Waals surface area contributed by atoms with Crippen molar-refractivity contribution in [2.75, 3.05) is 6.54 Å². The first kappa shape index (κ1) is 14.1. The summed E-state index contributed by atoms with van der Waals surface area (Å²) in [5.74, 6) is -0.0494. The van der Waals surface area contributed by atoms with Gasteiger partial charge in [0.25, 0.3) is 5.91 Å². The third-order valence-corrected chi connectivity index (χ3v) is 3.31. The van der Waals surface area contributed by atoms with Crippen LogP contribution in [0.25, 0.3) is 0 Å². The SMILES string of the molecule is CC(C)Sc1ccccc1C(=O)N[C@@H](C)CN. The normalized spacial score (nSPS) is 12.5. The third-order valence-electron chi connectivity index (χ3n) is 2.23. The molecule has 3 nitrogen and oxygen atoms in total. The van der Waals surface area contributed by atoms with E-state index >= 15 is 0 Å². The molecular formula is C13H20N2OS. The maximum absolute atomic E-state index is 12.0. The zero-order valence-electron chi connectivity index (χ0n) is 10.6. The average Bonchev–Trinajstić information content (AvgIpc) is 2.28. The molecule has 94 valence electrons. The van der Waals surface area contributed by atoms with Crippen LogP contribution in [0.5, 0.6) is 0 Å². The molecule has 0 fully saturated rings. The number of hydrogen-bond acceptors (Lipinski definition) is 3. The van der Waals surface area contributed by atoms with Gasteiger partial charge in [0, 0.05) is 22.7 Å². The quantitative estimate of drug-likeness (QED) is 0.790. The number of amides is 1. The molecule has 0 saturated carbocycles. The smallest absolute Gasteiger partial charge is 0.252 e. The second kappa shape index (κ2) is 6.67. The van der Waals surface area contributed by atoms with Crippen LogP contribution in [0.4, 0.5) is 0 Å². The Morgan fingerprint density at radius 2 is 2.00 bits per heavy atom. The lowest BCUT2D eigenvalue weighted by atomic mass is 10.2. The highest BCUT2D eigenvalue weighted by Gasteiger charge is 2.13. The molecule has 0 heterocycles. The first-order valence-corrected chi connectivity index (χ1v) is 6.69. The molecule has 3 N–H and O–H groups in total. The molecule has 0 aliphatic carbocycles. The van der Waals surface area contributed by atoms with Crippen LogP contribution in [-0.4, -0.2) is 23.7 Å². The number of rotatable bonds is 5. The molecule has 1 atom stereocenters. The molecule has 4 heteroatoms. The van der Waals surface area contributed by atoms with Gasteiger partial charge in [-0.25, -0.2) is 0 Å². The van der Waals surface area contributed by atoms with Gasteiger partial charge in [0.15, 0.2) is 0 Å². The van der Waals surface area contributed by atoms with Crippen molar-refractivity contribution in [1.29, 1.82) is 0 Å². The minimum absolute atomic E-state index is 0.000365. The zero-order valence-corrected chi connectivity index (χ0v) is 11.4. The molecule has 17 heavy (non-hydrogen) atoms. The van der Waals surface area contributed by atoms with Crippen LogP contribution in [-0.2, 0) is 0 Å². The summed E-state index contributed by atoms with van der Waals surface area (Å²) in [6, 6.07) is 7.66. The molecule has 1 aromatic carbocycles. The molecule has 0 spiro atoms. The van der Waals surface area contributed by atoms with E-state index in [4.69, 9.17) is 5.73 Å². The van der Waals surface area contributed by atoms with E-state index in [1.807, 2.05) is 31.2 Å². The predicted octanol–water partition coefficient (Wildman–Crippen LogP) is 2.26. The van der Waals surface area contributed by atoms with E-state index < -0.39 is 0 Å². The standard InChI is InChI=1S/C13H20N2OS/c1-9(2)17-12-7-5-4-6-11(12)13(16)15-10(3)8-14/h4-7,9-10H,8,14H2,1-3H3,(H,15,16)/t10-/m0/s1. The number of benzene rings is 1. The van der Waals surface area contributed by atoms with Gasteiger partial charge in [0.2, 0.25) is 0 Å². The highest BCUT2D eigenvalue weighted by atomic mass is 32.2. The van der Waals surface area contributed by atoms with Crippen molar-refractivity contribution in [3.8, 4) is 0 Å². The predicted molar refractivity (Wildman–Crippen MR) is 73.4 cm³/mol. The summed E-state index contributed by atoms with van der Waals surface area (Å²) in [5, 5.41) is 3.34. The van der Waals surface area contributed by atoms with Gasteiger partial charge < -0.3 is 11.1 Å². The summed E-state index contributed by atoms with van der Waals surface area (Å²) in [6.45, 7) is 6.57. The van der Waals surface area contributed by atoms with Crippen LogP contribution in [0, 0.1) is 0 Å². The second-order valence-corrected chi connectivity index (χ2v) is 5.89. The third kappa shape index (κ3) is 4.40. The Balaban J connectivity index is 2.85. The van der Waals surface area contributed by atoms with Gasteiger partial charge in [-0.2, -0.15) is 0 Å². The number of nitrogens with one attached hydrogen (secondary N) is 1. The van der Waals surface area contributed by atoms with Crippen molar-refractivity contribution in [3.63, 3.8) is 0 Å². The molecule has 0 aliphatic rings. The first-order chi connectivity index (χ1) is 8.04. The van der Waals surface area contributed by atoms with E-state index in [0.717, 1.165) is 10.5 Å². The summed E-state index contributed by atoms with van der Waals surface area (Å²) in [4.78, 5) is 13.1. The molecule has 1 aromatic rings. The Hall–Kier alpha value is -1.00. The number of carbonyl (C=O) groups excluding carboxylic acids is 1. The van der Waals surface area contributed by atoms with E-state index in [9.17, 15) is 4.79 Å². The molecule has 0 aliphatic heterocycles. The van der Waals surface area contributed by atoms with Crippen LogP contribution < -0.4 is 11.1 Å². The lowest BCUT2D eigenvalue weighted by molar-refractivity contribution is 0.0938. The van der Waals surface area contributed by atoms with E-state index in [0.29, 0.717) is 11.8 Å². The van der Waals surface area contributed by atoms with Crippen molar-refractivity contribution >= 4 is 17.7 Å². The molecule has 0 bridgehead atoms. The van der Waals surface area contributed by atoms with Crippen molar-refractivity contribution in [3.05, 3.63) is 29.8 Å². The van der Waals surface area contributed by atoms with Crippen LogP contribution in [0.1, 0.15) is 31.1 Å². The van der Waals surface area contributed by atoms with E-state index in [1.165, 1.54) is 0 Å². The van der Waals surface area contributed by atoms with Gasteiger partial charge in [-0.15, -0.1) is 11.8 Å². The fraction of sp³-hybridized carbons (Fsp3) is 0.462.